The molecule has 0 radical (unpaired) electrons. The number of nitrogens with zero attached hydrogens (tertiary/aromatic N) is 2. The Bertz CT molecular complexity index is 483. The molecule has 1 unspecified atom stereocenters. The molecular formula is C10H20N4O3S. The molecule has 0 saturated heterocycles. The van der Waals surface area contributed by atoms with Crippen molar-refractivity contribution < 1.29 is 13.5 Å². The molecule has 1 rings (SSSR count). The van der Waals surface area contributed by atoms with Crippen LogP contribution in [-0.4, -0.2) is 36.5 Å². The van der Waals surface area contributed by atoms with E-state index in [0.29, 0.717) is 13.0 Å². The van der Waals surface area contributed by atoms with Crippen molar-refractivity contribution in [2.75, 3.05) is 18.9 Å². The summed E-state index contributed by atoms with van der Waals surface area (Å²) < 4.78 is 27.6. The van der Waals surface area contributed by atoms with Crippen LogP contribution in [0, 0.1) is 5.92 Å². The Morgan fingerprint density at radius 3 is 2.78 bits per heavy atom. The van der Waals surface area contributed by atoms with Crippen LogP contribution < -0.4 is 10.5 Å². The van der Waals surface area contributed by atoms with E-state index in [1.807, 2.05) is 6.92 Å². The summed E-state index contributed by atoms with van der Waals surface area (Å²) in [6.45, 7) is 2.34. The summed E-state index contributed by atoms with van der Waals surface area (Å²) >= 11 is 0. The van der Waals surface area contributed by atoms with Crippen molar-refractivity contribution in [3.63, 3.8) is 0 Å². The first-order chi connectivity index (χ1) is 8.36. The second-order valence-corrected chi connectivity index (χ2v) is 6.12. The fraction of sp³-hybridized carbons (Fsp3) is 0.700. The van der Waals surface area contributed by atoms with Gasteiger partial charge in [-0.1, -0.05) is 6.92 Å². The van der Waals surface area contributed by atoms with Gasteiger partial charge in [0.15, 0.2) is 5.82 Å². The lowest BCUT2D eigenvalue weighted by molar-refractivity contribution is 0.228. The summed E-state index contributed by atoms with van der Waals surface area (Å²) in [5.74, 6) is 0.173. The predicted octanol–water partition coefficient (Wildman–Crippen LogP) is -0.311. The summed E-state index contributed by atoms with van der Waals surface area (Å²) in [7, 11) is -1.99. The molecule has 7 nitrogen and oxygen atoms in total. The minimum Gasteiger partial charge on any atom is -0.396 e. The van der Waals surface area contributed by atoms with Crippen molar-refractivity contribution in [3.05, 3.63) is 6.20 Å². The molecule has 0 aliphatic carbocycles. The molecule has 0 amide bonds. The summed E-state index contributed by atoms with van der Waals surface area (Å²) in [6, 6.07) is 0. The van der Waals surface area contributed by atoms with Crippen LogP contribution in [-0.2, 0) is 17.1 Å². The zero-order valence-corrected chi connectivity index (χ0v) is 11.4. The first kappa shape index (κ1) is 14.9. The van der Waals surface area contributed by atoms with Crippen molar-refractivity contribution in [2.45, 2.75) is 24.7 Å². The Kier molecular flexibility index (Phi) is 5.12. The fourth-order valence-corrected chi connectivity index (χ4v) is 2.69. The largest absolute Gasteiger partial charge is 0.396 e. The highest BCUT2D eigenvalue weighted by Crippen LogP contribution is 2.15. The van der Waals surface area contributed by atoms with Gasteiger partial charge in [-0.05, 0) is 18.8 Å². The van der Waals surface area contributed by atoms with Crippen molar-refractivity contribution >= 4 is 15.8 Å². The predicted molar refractivity (Wildman–Crippen MR) is 68.3 cm³/mol. The standard InChI is InChI=1S/C10H20N4O3S/c1-8(7-15)4-3-5-12-18(16,17)9-6-14(2)13-10(9)11/h6,8,12,15H,3-5,7H2,1-2H3,(H2,11,13). The number of aromatic nitrogens is 2. The molecule has 0 bridgehead atoms. The van der Waals surface area contributed by atoms with E-state index in [1.165, 1.54) is 10.9 Å². The molecule has 0 saturated carbocycles. The normalized spacial score (nSPS) is 13.7. The molecular weight excluding hydrogens is 256 g/mol. The number of nitrogen functional groups attached to an aromatic ring is 1. The number of hydrogen-bond acceptors (Lipinski definition) is 5. The molecule has 104 valence electrons. The number of aliphatic hydroxyl groups is 1. The van der Waals surface area contributed by atoms with Crippen LogP contribution in [0.15, 0.2) is 11.1 Å². The molecule has 0 fully saturated rings. The molecule has 4 N–H and O–H groups in total. The van der Waals surface area contributed by atoms with E-state index in [0.717, 1.165) is 6.42 Å². The molecule has 1 aromatic rings. The Labute approximate surface area is 107 Å². The van der Waals surface area contributed by atoms with E-state index in [1.54, 1.807) is 7.05 Å². The van der Waals surface area contributed by atoms with Crippen molar-refractivity contribution in [1.82, 2.24) is 14.5 Å². The van der Waals surface area contributed by atoms with Crippen LogP contribution in [0.3, 0.4) is 0 Å². The Morgan fingerprint density at radius 1 is 1.61 bits per heavy atom. The van der Waals surface area contributed by atoms with Gasteiger partial charge in [0.1, 0.15) is 4.90 Å². The second kappa shape index (κ2) is 6.17. The van der Waals surface area contributed by atoms with Gasteiger partial charge in [-0.15, -0.1) is 0 Å². The molecule has 1 aromatic heterocycles. The topological polar surface area (TPSA) is 110 Å². The number of aryl methyl sites for hydroxylation is 1. The minimum atomic E-state index is -3.60. The Balaban J connectivity index is 2.53. The quantitative estimate of drug-likeness (QED) is 0.592. The maximum Gasteiger partial charge on any atom is 0.245 e. The summed E-state index contributed by atoms with van der Waals surface area (Å²) in [4.78, 5) is 0.000191. The SMILES string of the molecule is CC(CO)CCCNS(=O)(=O)c1cn(C)nc1N. The molecule has 8 heteroatoms. The second-order valence-electron chi connectivity index (χ2n) is 4.38. The van der Waals surface area contributed by atoms with E-state index in [4.69, 9.17) is 10.8 Å². The lowest BCUT2D eigenvalue weighted by Crippen LogP contribution is -2.25. The van der Waals surface area contributed by atoms with Gasteiger partial charge in [0.05, 0.1) is 0 Å². The van der Waals surface area contributed by atoms with E-state index < -0.39 is 10.0 Å². The molecule has 1 heterocycles. The average Bonchev–Trinajstić information content (AvgIpc) is 2.64. The van der Waals surface area contributed by atoms with Crippen LogP contribution >= 0.6 is 0 Å². The van der Waals surface area contributed by atoms with Crippen LogP contribution in [0.2, 0.25) is 0 Å². The van der Waals surface area contributed by atoms with E-state index >= 15 is 0 Å². The maximum absolute atomic E-state index is 11.9. The molecule has 0 aliphatic heterocycles. The molecule has 0 aromatic carbocycles. The molecule has 18 heavy (non-hydrogen) atoms. The third-order valence-corrected chi connectivity index (χ3v) is 4.07. The summed E-state index contributed by atoms with van der Waals surface area (Å²) in [6.07, 6.45) is 2.80. The van der Waals surface area contributed by atoms with Gasteiger partial charge in [0.25, 0.3) is 0 Å². The van der Waals surface area contributed by atoms with Crippen LogP contribution in [0.5, 0.6) is 0 Å². The highest BCUT2D eigenvalue weighted by atomic mass is 32.2. The number of sulfonamides is 1. The smallest absolute Gasteiger partial charge is 0.245 e. The minimum absolute atomic E-state index is 0.000191. The van der Waals surface area contributed by atoms with Crippen LogP contribution in [0.25, 0.3) is 0 Å². The number of nitrogens with one attached hydrogen (secondary N) is 1. The number of nitrogens with two attached hydrogens (primary N) is 1. The lowest BCUT2D eigenvalue weighted by atomic mass is 10.1. The average molecular weight is 276 g/mol. The van der Waals surface area contributed by atoms with Gasteiger partial charge in [0, 0.05) is 26.4 Å². The fourth-order valence-electron chi connectivity index (χ4n) is 1.52. The van der Waals surface area contributed by atoms with E-state index in [9.17, 15) is 8.42 Å². The first-order valence-electron chi connectivity index (χ1n) is 5.76. The van der Waals surface area contributed by atoms with Crippen LogP contribution in [0.1, 0.15) is 19.8 Å². The number of anilines is 1. The zero-order valence-electron chi connectivity index (χ0n) is 10.6. The molecule has 0 spiro atoms. The van der Waals surface area contributed by atoms with E-state index in [-0.39, 0.29) is 23.2 Å². The highest BCUT2D eigenvalue weighted by molar-refractivity contribution is 7.89. The van der Waals surface area contributed by atoms with Gasteiger partial charge in [-0.25, -0.2) is 13.1 Å². The molecule has 1 atom stereocenters. The summed E-state index contributed by atoms with van der Waals surface area (Å²) in [5.41, 5.74) is 5.52. The van der Waals surface area contributed by atoms with Gasteiger partial charge >= 0.3 is 0 Å². The highest BCUT2D eigenvalue weighted by Gasteiger charge is 2.19. The summed E-state index contributed by atoms with van der Waals surface area (Å²) in [5, 5.41) is 12.6. The monoisotopic (exact) mass is 276 g/mol. The van der Waals surface area contributed by atoms with Crippen LogP contribution in [0.4, 0.5) is 5.82 Å². The third kappa shape index (κ3) is 3.97. The van der Waals surface area contributed by atoms with Crippen molar-refractivity contribution in [3.8, 4) is 0 Å². The maximum atomic E-state index is 11.9. The number of aliphatic hydroxyl groups excluding tert-OH is 1. The van der Waals surface area contributed by atoms with Crippen molar-refractivity contribution in [1.29, 1.82) is 0 Å². The zero-order chi connectivity index (χ0) is 13.8. The Hall–Kier alpha value is -1.12. The van der Waals surface area contributed by atoms with Gasteiger partial charge < -0.3 is 10.8 Å². The lowest BCUT2D eigenvalue weighted by Gasteiger charge is -2.08. The Morgan fingerprint density at radius 2 is 2.28 bits per heavy atom. The van der Waals surface area contributed by atoms with Crippen molar-refractivity contribution in [2.24, 2.45) is 13.0 Å². The third-order valence-electron chi connectivity index (χ3n) is 2.59. The van der Waals surface area contributed by atoms with E-state index in [2.05, 4.69) is 9.82 Å². The number of hydrogen-bond donors (Lipinski definition) is 3. The first-order valence-corrected chi connectivity index (χ1v) is 7.24. The molecule has 0 aliphatic rings. The van der Waals surface area contributed by atoms with Gasteiger partial charge in [0.2, 0.25) is 10.0 Å². The number of rotatable bonds is 7. The van der Waals surface area contributed by atoms with Gasteiger partial charge in [-0.2, -0.15) is 5.10 Å². The van der Waals surface area contributed by atoms with Gasteiger partial charge in [-0.3, -0.25) is 4.68 Å².